The van der Waals surface area contributed by atoms with E-state index in [1.165, 1.54) is 51.4 Å². The Morgan fingerprint density at radius 2 is 1.71 bits per heavy atom. The fourth-order valence-corrected chi connectivity index (χ4v) is 6.84. The van der Waals surface area contributed by atoms with E-state index >= 15 is 0 Å². The van der Waals surface area contributed by atoms with Crippen molar-refractivity contribution >= 4 is 21.8 Å². The molecule has 4 aliphatic carbocycles. The van der Waals surface area contributed by atoms with Gasteiger partial charge in [0, 0.05) is 24.3 Å². The van der Waals surface area contributed by atoms with Gasteiger partial charge in [0.2, 0.25) is 5.91 Å². The first-order chi connectivity index (χ1) is 10.2. The molecule has 5 aliphatic rings. The van der Waals surface area contributed by atoms with Crippen LogP contribution in [0.1, 0.15) is 51.4 Å². The first-order valence-corrected chi connectivity index (χ1v) is 10.2. The molecule has 0 spiro atoms. The summed E-state index contributed by atoms with van der Waals surface area (Å²) in [5.41, 5.74) is 0. The highest BCUT2D eigenvalue weighted by Crippen LogP contribution is 2.57. The Bertz CT molecular complexity index is 380. The van der Waals surface area contributed by atoms with Gasteiger partial charge in [0.05, 0.1) is 0 Å². The van der Waals surface area contributed by atoms with E-state index in [0.717, 1.165) is 48.0 Å². The molecular weight excluding hydrogens is 326 g/mol. The largest absolute Gasteiger partial charge is 0.342 e. The molecule has 0 aromatic carbocycles. The summed E-state index contributed by atoms with van der Waals surface area (Å²) in [6, 6.07) is 0. The molecule has 0 aromatic heterocycles. The molecule has 0 aromatic rings. The average Bonchev–Trinajstić information content (AvgIpc) is 2.46. The van der Waals surface area contributed by atoms with Crippen molar-refractivity contribution in [3.63, 3.8) is 0 Å². The Kier molecular flexibility index (Phi) is 4.06. The Labute approximate surface area is 137 Å². The van der Waals surface area contributed by atoms with Crippen LogP contribution in [0.3, 0.4) is 0 Å². The highest BCUT2D eigenvalue weighted by atomic mass is 79.9. The molecule has 4 saturated carbocycles. The molecule has 1 heterocycles. The Balaban J connectivity index is 1.45. The topological polar surface area (TPSA) is 20.3 Å². The van der Waals surface area contributed by atoms with Crippen molar-refractivity contribution in [2.75, 3.05) is 18.4 Å². The Morgan fingerprint density at radius 3 is 2.33 bits per heavy atom. The molecule has 0 N–H and O–H groups in total. The van der Waals surface area contributed by atoms with Crippen molar-refractivity contribution in [2.24, 2.45) is 35.5 Å². The minimum absolute atomic E-state index is 0.403. The van der Waals surface area contributed by atoms with Crippen LogP contribution >= 0.6 is 15.9 Å². The van der Waals surface area contributed by atoms with Crippen LogP contribution in [0, 0.1) is 35.5 Å². The number of carbonyl (C=O) groups excluding carboxylic acids is 1. The fraction of sp³-hybridized carbons (Fsp3) is 0.944. The third-order valence-electron chi connectivity index (χ3n) is 6.86. The molecule has 1 saturated heterocycles. The minimum atomic E-state index is 0.403. The normalized spacial score (nSPS) is 45.1. The van der Waals surface area contributed by atoms with Crippen LogP contribution in [-0.2, 0) is 4.79 Å². The average molecular weight is 354 g/mol. The number of nitrogens with zero attached hydrogens (tertiary/aromatic N) is 1. The van der Waals surface area contributed by atoms with Gasteiger partial charge in [-0.05, 0) is 81.0 Å². The third kappa shape index (κ3) is 2.68. The zero-order valence-electron chi connectivity index (χ0n) is 13.0. The van der Waals surface area contributed by atoms with Gasteiger partial charge in [-0.3, -0.25) is 4.79 Å². The second-order valence-electron chi connectivity index (χ2n) is 8.23. The van der Waals surface area contributed by atoms with E-state index in [-0.39, 0.29) is 0 Å². The van der Waals surface area contributed by atoms with Crippen molar-refractivity contribution in [1.29, 1.82) is 0 Å². The summed E-state index contributed by atoms with van der Waals surface area (Å²) in [5.74, 6) is 5.11. The third-order valence-corrected chi connectivity index (χ3v) is 7.32. The van der Waals surface area contributed by atoms with Crippen molar-refractivity contribution in [3.8, 4) is 0 Å². The number of carbonyl (C=O) groups is 1. The summed E-state index contributed by atoms with van der Waals surface area (Å²) in [4.78, 5) is 15.4. The summed E-state index contributed by atoms with van der Waals surface area (Å²) in [5, 5.41) is 1.08. The molecule has 1 aliphatic heterocycles. The first kappa shape index (κ1) is 14.5. The SMILES string of the molecule is O=C(C1C2CC3CC(C2)CC1C3)N1CCCC(CCBr)C1. The summed E-state index contributed by atoms with van der Waals surface area (Å²) in [7, 11) is 0. The van der Waals surface area contributed by atoms with E-state index < -0.39 is 0 Å². The molecule has 1 atom stereocenters. The molecule has 4 bridgehead atoms. The van der Waals surface area contributed by atoms with Gasteiger partial charge in [0.25, 0.3) is 0 Å². The second kappa shape index (κ2) is 5.86. The molecule has 3 heteroatoms. The number of halogens is 1. The minimum Gasteiger partial charge on any atom is -0.342 e. The van der Waals surface area contributed by atoms with Crippen molar-refractivity contribution < 1.29 is 4.79 Å². The van der Waals surface area contributed by atoms with E-state index in [0.29, 0.717) is 11.8 Å². The van der Waals surface area contributed by atoms with Crippen LogP contribution in [0.15, 0.2) is 0 Å². The van der Waals surface area contributed by atoms with Gasteiger partial charge in [-0.15, -0.1) is 0 Å². The van der Waals surface area contributed by atoms with Gasteiger partial charge >= 0.3 is 0 Å². The van der Waals surface area contributed by atoms with Gasteiger partial charge in [-0.25, -0.2) is 0 Å². The summed E-state index contributed by atoms with van der Waals surface area (Å²) >= 11 is 3.57. The van der Waals surface area contributed by atoms with Gasteiger partial charge in [0.15, 0.2) is 0 Å². The number of alkyl halides is 1. The molecule has 2 nitrogen and oxygen atoms in total. The van der Waals surface area contributed by atoms with Gasteiger partial charge in [-0.1, -0.05) is 15.9 Å². The van der Waals surface area contributed by atoms with E-state index in [1.807, 2.05) is 0 Å². The number of hydrogen-bond acceptors (Lipinski definition) is 1. The predicted octanol–water partition coefficient (Wildman–Crippen LogP) is 4.08. The monoisotopic (exact) mass is 353 g/mol. The maximum absolute atomic E-state index is 13.2. The molecule has 1 amide bonds. The first-order valence-electron chi connectivity index (χ1n) is 9.09. The number of amides is 1. The number of piperidine rings is 1. The lowest BCUT2D eigenvalue weighted by molar-refractivity contribution is -0.150. The second-order valence-corrected chi connectivity index (χ2v) is 9.02. The van der Waals surface area contributed by atoms with E-state index in [9.17, 15) is 4.79 Å². The van der Waals surface area contributed by atoms with Crippen LogP contribution < -0.4 is 0 Å². The van der Waals surface area contributed by atoms with Crippen molar-refractivity contribution in [3.05, 3.63) is 0 Å². The number of hydrogen-bond donors (Lipinski definition) is 0. The maximum atomic E-state index is 13.2. The van der Waals surface area contributed by atoms with Gasteiger partial charge in [-0.2, -0.15) is 0 Å². The molecule has 21 heavy (non-hydrogen) atoms. The van der Waals surface area contributed by atoms with Crippen molar-refractivity contribution in [1.82, 2.24) is 4.90 Å². The van der Waals surface area contributed by atoms with Crippen LogP contribution in [0.4, 0.5) is 0 Å². The van der Waals surface area contributed by atoms with Crippen LogP contribution in [-0.4, -0.2) is 29.2 Å². The Hall–Kier alpha value is -0.0500. The maximum Gasteiger partial charge on any atom is 0.226 e. The lowest BCUT2D eigenvalue weighted by Crippen LogP contribution is -2.53. The van der Waals surface area contributed by atoms with Crippen LogP contribution in [0.2, 0.25) is 0 Å². The standard InChI is InChI=1S/C18H28BrNO/c19-4-3-12-2-1-5-20(11-12)18(21)17-15-7-13-6-14(9-15)10-16(17)8-13/h12-17H,1-11H2. The molecular formula is C18H28BrNO. The van der Waals surface area contributed by atoms with E-state index in [1.54, 1.807) is 0 Å². The van der Waals surface area contributed by atoms with Gasteiger partial charge in [0.1, 0.15) is 0 Å². The molecule has 0 radical (unpaired) electrons. The zero-order chi connectivity index (χ0) is 14.4. The predicted molar refractivity (Wildman–Crippen MR) is 88.3 cm³/mol. The van der Waals surface area contributed by atoms with E-state index in [2.05, 4.69) is 20.8 Å². The van der Waals surface area contributed by atoms with Crippen LogP contribution in [0.25, 0.3) is 0 Å². The lowest BCUT2D eigenvalue weighted by atomic mass is 9.51. The molecule has 5 rings (SSSR count). The number of likely N-dealkylation sites (tertiary alicyclic amines) is 1. The Morgan fingerprint density at radius 1 is 1.05 bits per heavy atom. The quantitative estimate of drug-likeness (QED) is 0.700. The van der Waals surface area contributed by atoms with Crippen molar-refractivity contribution in [2.45, 2.75) is 51.4 Å². The number of rotatable bonds is 3. The molecule has 1 unspecified atom stereocenters. The highest BCUT2D eigenvalue weighted by Gasteiger charge is 2.51. The summed E-state index contributed by atoms with van der Waals surface area (Å²) < 4.78 is 0. The molecule has 5 fully saturated rings. The van der Waals surface area contributed by atoms with Gasteiger partial charge < -0.3 is 4.90 Å². The molecule has 118 valence electrons. The summed E-state index contributed by atoms with van der Waals surface area (Å²) in [6.45, 7) is 2.06. The highest BCUT2D eigenvalue weighted by molar-refractivity contribution is 9.09. The smallest absolute Gasteiger partial charge is 0.226 e. The van der Waals surface area contributed by atoms with E-state index in [4.69, 9.17) is 0 Å². The zero-order valence-corrected chi connectivity index (χ0v) is 14.6. The summed E-state index contributed by atoms with van der Waals surface area (Å²) in [6.07, 6.45) is 10.7. The fourth-order valence-electron chi connectivity index (χ4n) is 6.19. The van der Waals surface area contributed by atoms with Crippen LogP contribution in [0.5, 0.6) is 0 Å². The lowest BCUT2D eigenvalue weighted by Gasteiger charge is -2.54.